The Morgan fingerprint density at radius 2 is 1.58 bits per heavy atom. The van der Waals surface area contributed by atoms with E-state index < -0.39 is 5.97 Å². The van der Waals surface area contributed by atoms with E-state index >= 15 is 0 Å². The van der Waals surface area contributed by atoms with Gasteiger partial charge < -0.3 is 14.6 Å². The monoisotopic (exact) mass is 456 g/mol. The van der Waals surface area contributed by atoms with E-state index in [1.54, 1.807) is 0 Å². The van der Waals surface area contributed by atoms with Crippen molar-refractivity contribution in [2.45, 2.75) is 89.9 Å². The number of benzene rings is 1. The number of ether oxygens (including phenoxy) is 2. The van der Waals surface area contributed by atoms with Gasteiger partial charge in [0.1, 0.15) is 19.0 Å². The summed E-state index contributed by atoms with van der Waals surface area (Å²) in [6, 6.07) is 8.44. The van der Waals surface area contributed by atoms with Gasteiger partial charge in [-0.25, -0.2) is 4.79 Å². The maximum Gasteiger partial charge on any atom is 0.335 e. The lowest BCUT2D eigenvalue weighted by atomic mass is 9.68. The number of esters is 1. The van der Waals surface area contributed by atoms with Crippen molar-refractivity contribution in [1.29, 1.82) is 0 Å². The molecular weight excluding hydrogens is 412 g/mol. The van der Waals surface area contributed by atoms with Crippen molar-refractivity contribution in [2.75, 3.05) is 19.8 Å². The Morgan fingerprint density at radius 3 is 2.18 bits per heavy atom. The first kappa shape index (κ1) is 25.8. The van der Waals surface area contributed by atoms with Gasteiger partial charge >= 0.3 is 5.97 Å². The van der Waals surface area contributed by atoms with Crippen LogP contribution in [0.3, 0.4) is 0 Å². The number of rotatable bonds is 12. The highest BCUT2D eigenvalue weighted by Gasteiger charge is 2.31. The molecule has 1 aromatic carbocycles. The van der Waals surface area contributed by atoms with Gasteiger partial charge in [0.2, 0.25) is 0 Å². The molecule has 0 aliphatic heterocycles. The van der Waals surface area contributed by atoms with Crippen LogP contribution in [-0.2, 0) is 9.53 Å². The molecule has 2 fully saturated rings. The molecule has 2 aliphatic rings. The normalized spacial score (nSPS) is 25.4. The minimum atomic E-state index is -0.577. The molecule has 0 saturated heterocycles. The van der Waals surface area contributed by atoms with E-state index in [4.69, 9.17) is 14.6 Å². The van der Waals surface area contributed by atoms with Crippen molar-refractivity contribution in [3.63, 3.8) is 0 Å². The van der Waals surface area contributed by atoms with E-state index in [0.29, 0.717) is 5.92 Å². The maximum atomic E-state index is 11.5. The standard InChI is InChI=1S/C29H44O4/c1-3-4-5-6-23-7-9-24(10-8-23)25-11-13-26(14-12-25)27-15-17-28(18-16-27)32-19-20-33-29(31)22(2)21-30/h15-18,23-26,30H,2-14,19-21H2,1H3. The molecule has 0 atom stereocenters. The molecule has 33 heavy (non-hydrogen) atoms. The molecule has 0 aromatic heterocycles. The van der Waals surface area contributed by atoms with E-state index in [1.165, 1.54) is 82.6 Å². The molecule has 4 heteroatoms. The van der Waals surface area contributed by atoms with Crippen LogP contribution in [0.4, 0.5) is 0 Å². The molecule has 0 unspecified atom stereocenters. The Hall–Kier alpha value is -1.81. The van der Waals surface area contributed by atoms with Crippen LogP contribution < -0.4 is 4.74 Å². The lowest BCUT2D eigenvalue weighted by Gasteiger charge is -2.38. The molecule has 0 heterocycles. The number of carbonyl (C=O) groups excluding carboxylic acids is 1. The van der Waals surface area contributed by atoms with Crippen LogP contribution in [0, 0.1) is 17.8 Å². The average Bonchev–Trinajstić information content (AvgIpc) is 2.87. The zero-order valence-electron chi connectivity index (χ0n) is 20.6. The smallest absolute Gasteiger partial charge is 0.335 e. The molecule has 1 aromatic rings. The van der Waals surface area contributed by atoms with Crippen molar-refractivity contribution in [2.24, 2.45) is 17.8 Å². The van der Waals surface area contributed by atoms with Gasteiger partial charge in [-0.3, -0.25) is 0 Å². The fraction of sp³-hybridized carbons (Fsp3) is 0.690. The molecule has 4 nitrogen and oxygen atoms in total. The summed E-state index contributed by atoms with van der Waals surface area (Å²) in [5.74, 6) is 3.83. The van der Waals surface area contributed by atoms with Crippen LogP contribution in [0.2, 0.25) is 0 Å². The summed E-state index contributed by atoms with van der Waals surface area (Å²) in [5.41, 5.74) is 1.48. The summed E-state index contributed by atoms with van der Waals surface area (Å²) in [5, 5.41) is 8.86. The van der Waals surface area contributed by atoms with E-state index in [1.807, 2.05) is 12.1 Å². The number of hydrogen-bond donors (Lipinski definition) is 1. The lowest BCUT2D eigenvalue weighted by Crippen LogP contribution is -2.25. The van der Waals surface area contributed by atoms with Gasteiger partial charge in [0.05, 0.1) is 12.2 Å². The first-order valence-corrected chi connectivity index (χ1v) is 13.3. The fourth-order valence-electron chi connectivity index (χ4n) is 5.85. The molecule has 0 amide bonds. The first-order valence-electron chi connectivity index (χ1n) is 13.3. The molecule has 0 radical (unpaired) electrons. The molecule has 1 N–H and O–H groups in total. The Morgan fingerprint density at radius 1 is 0.939 bits per heavy atom. The molecule has 0 spiro atoms. The third kappa shape index (κ3) is 8.17. The van der Waals surface area contributed by atoms with Crippen LogP contribution in [0.5, 0.6) is 5.75 Å². The number of unbranched alkanes of at least 4 members (excludes halogenated alkanes) is 2. The SMILES string of the molecule is C=C(CO)C(=O)OCCOc1ccc(C2CCC(C3CCC(CCCCC)CC3)CC2)cc1. The highest BCUT2D eigenvalue weighted by Crippen LogP contribution is 2.44. The van der Waals surface area contributed by atoms with E-state index in [0.717, 1.165) is 23.5 Å². The van der Waals surface area contributed by atoms with Gasteiger partial charge in [0, 0.05) is 0 Å². The number of hydrogen-bond acceptors (Lipinski definition) is 4. The van der Waals surface area contributed by atoms with Crippen molar-refractivity contribution < 1.29 is 19.4 Å². The van der Waals surface area contributed by atoms with Crippen LogP contribution in [0.15, 0.2) is 36.4 Å². The van der Waals surface area contributed by atoms with Crippen molar-refractivity contribution >= 4 is 5.97 Å². The quantitative estimate of drug-likeness (QED) is 0.213. The fourth-order valence-corrected chi connectivity index (χ4v) is 5.85. The second-order valence-electron chi connectivity index (χ2n) is 10.2. The van der Waals surface area contributed by atoms with Crippen LogP contribution in [-0.4, -0.2) is 30.9 Å². The van der Waals surface area contributed by atoms with Crippen molar-refractivity contribution in [1.82, 2.24) is 0 Å². The number of aliphatic hydroxyl groups excluding tert-OH is 1. The maximum absolute atomic E-state index is 11.5. The molecule has 0 bridgehead atoms. The predicted octanol–water partition coefficient (Wildman–Crippen LogP) is 6.82. The van der Waals surface area contributed by atoms with E-state index in [9.17, 15) is 4.79 Å². The second-order valence-corrected chi connectivity index (χ2v) is 10.2. The van der Waals surface area contributed by atoms with Gasteiger partial charge in [-0.1, -0.05) is 64.2 Å². The topological polar surface area (TPSA) is 55.8 Å². The van der Waals surface area contributed by atoms with Crippen molar-refractivity contribution in [3.05, 3.63) is 42.0 Å². The van der Waals surface area contributed by atoms with Gasteiger partial charge in [-0.15, -0.1) is 0 Å². The number of aliphatic hydroxyl groups is 1. The van der Waals surface area contributed by atoms with Crippen LogP contribution in [0.1, 0.15) is 95.5 Å². The zero-order valence-corrected chi connectivity index (χ0v) is 20.6. The van der Waals surface area contributed by atoms with Gasteiger partial charge in [-0.2, -0.15) is 0 Å². The molecule has 2 aliphatic carbocycles. The Kier molecular flexibility index (Phi) is 10.8. The molecular formula is C29H44O4. The Balaban J connectivity index is 1.34. The largest absolute Gasteiger partial charge is 0.490 e. The van der Waals surface area contributed by atoms with E-state index in [-0.39, 0.29) is 25.4 Å². The predicted molar refractivity (Wildman–Crippen MR) is 133 cm³/mol. The summed E-state index contributed by atoms with van der Waals surface area (Å²) in [7, 11) is 0. The van der Waals surface area contributed by atoms with Crippen LogP contribution in [0.25, 0.3) is 0 Å². The highest BCUT2D eigenvalue weighted by atomic mass is 16.6. The van der Waals surface area contributed by atoms with Crippen LogP contribution >= 0.6 is 0 Å². The lowest BCUT2D eigenvalue weighted by molar-refractivity contribution is -0.140. The number of carbonyl (C=O) groups is 1. The zero-order chi connectivity index (χ0) is 23.5. The van der Waals surface area contributed by atoms with Gasteiger partial charge in [0.15, 0.2) is 0 Å². The summed E-state index contributed by atoms with van der Waals surface area (Å²) in [6.45, 7) is 5.79. The molecule has 2 saturated carbocycles. The molecule has 184 valence electrons. The summed E-state index contributed by atoms with van der Waals surface area (Å²) >= 11 is 0. The molecule has 3 rings (SSSR count). The van der Waals surface area contributed by atoms with Crippen molar-refractivity contribution in [3.8, 4) is 5.75 Å². The minimum Gasteiger partial charge on any atom is -0.490 e. The van der Waals surface area contributed by atoms with E-state index in [2.05, 4.69) is 25.6 Å². The third-order valence-corrected chi connectivity index (χ3v) is 7.96. The van der Waals surface area contributed by atoms with Gasteiger partial charge in [-0.05, 0) is 79.9 Å². The Labute approximate surface area is 200 Å². The summed E-state index contributed by atoms with van der Waals surface area (Å²) in [4.78, 5) is 11.5. The third-order valence-electron chi connectivity index (χ3n) is 7.96. The first-order chi connectivity index (χ1) is 16.1. The minimum absolute atomic E-state index is 0.0594. The Bertz CT molecular complexity index is 710. The highest BCUT2D eigenvalue weighted by molar-refractivity contribution is 5.87. The average molecular weight is 457 g/mol. The second kappa shape index (κ2) is 13.8. The van der Waals surface area contributed by atoms with Gasteiger partial charge in [0.25, 0.3) is 0 Å². The summed E-state index contributed by atoms with van der Waals surface area (Å²) < 4.78 is 10.7. The summed E-state index contributed by atoms with van der Waals surface area (Å²) in [6.07, 6.45) is 17.0.